The van der Waals surface area contributed by atoms with Gasteiger partial charge < -0.3 is 14.8 Å². The Balaban J connectivity index is 1.41. The Labute approximate surface area is 181 Å². The van der Waals surface area contributed by atoms with E-state index in [1.54, 1.807) is 0 Å². The van der Waals surface area contributed by atoms with Gasteiger partial charge >= 0.3 is 6.03 Å². The molecule has 0 spiro atoms. The third kappa shape index (κ3) is 4.09. The maximum Gasteiger partial charge on any atom is 0.324 e. The van der Waals surface area contributed by atoms with Crippen LogP contribution in [-0.4, -0.2) is 62.9 Å². The fourth-order valence-corrected chi connectivity index (χ4v) is 5.14. The summed E-state index contributed by atoms with van der Waals surface area (Å²) in [6.07, 6.45) is 4.89. The predicted molar refractivity (Wildman–Crippen MR) is 114 cm³/mol. The predicted octanol–water partition coefficient (Wildman–Crippen LogP) is 1.31. The number of urea groups is 1. The van der Waals surface area contributed by atoms with E-state index in [-0.39, 0.29) is 35.7 Å². The highest BCUT2D eigenvalue weighted by Crippen LogP contribution is 2.31. The molecular weight excluding hydrogens is 398 g/mol. The van der Waals surface area contributed by atoms with Crippen LogP contribution in [0.15, 0.2) is 4.79 Å². The van der Waals surface area contributed by atoms with E-state index in [9.17, 15) is 19.2 Å². The first-order chi connectivity index (χ1) is 14.9. The molecule has 2 saturated heterocycles. The first kappa shape index (κ1) is 21.5. The number of piperidine rings is 1. The normalized spacial score (nSPS) is 23.3. The van der Waals surface area contributed by atoms with Crippen molar-refractivity contribution >= 4 is 17.8 Å². The number of hydrogen-bond acceptors (Lipinski definition) is 5. The number of likely N-dealkylation sites (tertiary alicyclic amines) is 1. The quantitative estimate of drug-likeness (QED) is 0.687. The topological polar surface area (TPSA) is 105 Å². The van der Waals surface area contributed by atoms with Crippen molar-refractivity contribution in [2.24, 2.45) is 0 Å². The van der Waals surface area contributed by atoms with Crippen molar-refractivity contribution in [2.45, 2.75) is 77.3 Å². The number of aromatic nitrogens is 2. The zero-order valence-electron chi connectivity index (χ0n) is 18.4. The van der Waals surface area contributed by atoms with Crippen LogP contribution in [0, 0.1) is 6.92 Å². The Morgan fingerprint density at radius 2 is 2.00 bits per heavy atom. The van der Waals surface area contributed by atoms with Gasteiger partial charge in [-0.2, -0.15) is 4.98 Å². The van der Waals surface area contributed by atoms with E-state index < -0.39 is 6.04 Å². The first-order valence-corrected chi connectivity index (χ1v) is 11.4. The number of nitrogens with one attached hydrogen (secondary N) is 1. The third-order valence-electron chi connectivity index (χ3n) is 6.68. The average Bonchev–Trinajstić information content (AvgIpc) is 3.32. The molecular formula is C22H31N5O4. The highest BCUT2D eigenvalue weighted by atomic mass is 16.2. The van der Waals surface area contributed by atoms with Crippen molar-refractivity contribution in [1.82, 2.24) is 24.7 Å². The van der Waals surface area contributed by atoms with E-state index in [1.807, 2.05) is 18.7 Å². The molecule has 0 aliphatic carbocycles. The van der Waals surface area contributed by atoms with Crippen molar-refractivity contribution in [3.8, 4) is 0 Å². The molecule has 0 bridgehead atoms. The minimum Gasteiger partial charge on any atom is -0.342 e. The fourth-order valence-electron chi connectivity index (χ4n) is 5.14. The fraction of sp³-hybridized carbons (Fsp3) is 0.682. The Morgan fingerprint density at radius 3 is 2.77 bits per heavy atom. The van der Waals surface area contributed by atoms with Crippen LogP contribution >= 0.6 is 0 Å². The SMILES string of the molecule is CCCN1C(=O)N[C@@H](CCC(=O)N2CCC[C@@H](c3c(C)c(=O)nc4n3CCC4)C2)C1=O. The lowest BCUT2D eigenvalue weighted by Gasteiger charge is -2.34. The Bertz CT molecular complexity index is 956. The number of hydrogen-bond donors (Lipinski definition) is 1. The van der Waals surface area contributed by atoms with Gasteiger partial charge in [0.05, 0.1) is 0 Å². The van der Waals surface area contributed by atoms with Gasteiger partial charge in [0.25, 0.3) is 11.5 Å². The van der Waals surface area contributed by atoms with Crippen molar-refractivity contribution in [1.29, 1.82) is 0 Å². The maximum absolute atomic E-state index is 12.9. The van der Waals surface area contributed by atoms with Crippen LogP contribution in [0.1, 0.15) is 68.4 Å². The van der Waals surface area contributed by atoms with Crippen LogP contribution < -0.4 is 10.9 Å². The van der Waals surface area contributed by atoms with Crippen LogP contribution in [0.25, 0.3) is 0 Å². The van der Waals surface area contributed by atoms with Crippen molar-refractivity contribution in [2.75, 3.05) is 19.6 Å². The minimum atomic E-state index is -0.618. The molecule has 1 aromatic heterocycles. The lowest BCUT2D eigenvalue weighted by Crippen LogP contribution is -2.41. The van der Waals surface area contributed by atoms with Crippen LogP contribution in [0.2, 0.25) is 0 Å². The van der Waals surface area contributed by atoms with E-state index in [4.69, 9.17) is 0 Å². The summed E-state index contributed by atoms with van der Waals surface area (Å²) in [5.41, 5.74) is 1.58. The Hall–Kier alpha value is -2.71. The number of carbonyl (C=O) groups excluding carboxylic acids is 3. The zero-order valence-corrected chi connectivity index (χ0v) is 18.4. The van der Waals surface area contributed by atoms with Gasteiger partial charge in [0.1, 0.15) is 11.9 Å². The highest BCUT2D eigenvalue weighted by Gasteiger charge is 2.38. The highest BCUT2D eigenvalue weighted by molar-refractivity contribution is 6.04. The molecule has 0 aromatic carbocycles. The molecule has 31 heavy (non-hydrogen) atoms. The number of imide groups is 1. The molecule has 4 rings (SSSR count). The van der Waals surface area contributed by atoms with E-state index in [0.29, 0.717) is 38.0 Å². The zero-order chi connectivity index (χ0) is 22.1. The van der Waals surface area contributed by atoms with Gasteiger partial charge in [-0.15, -0.1) is 0 Å². The third-order valence-corrected chi connectivity index (χ3v) is 6.68. The summed E-state index contributed by atoms with van der Waals surface area (Å²) >= 11 is 0. The van der Waals surface area contributed by atoms with E-state index in [1.165, 1.54) is 4.90 Å². The second-order valence-corrected chi connectivity index (χ2v) is 8.81. The minimum absolute atomic E-state index is 0.00334. The summed E-state index contributed by atoms with van der Waals surface area (Å²) in [4.78, 5) is 56.9. The van der Waals surface area contributed by atoms with Gasteiger partial charge in [0, 0.05) is 56.2 Å². The summed E-state index contributed by atoms with van der Waals surface area (Å²) in [6.45, 7) is 6.30. The number of amides is 4. The van der Waals surface area contributed by atoms with Crippen LogP contribution in [0.4, 0.5) is 4.79 Å². The number of rotatable bonds is 6. The van der Waals surface area contributed by atoms with Crippen LogP contribution in [0.5, 0.6) is 0 Å². The molecule has 0 unspecified atom stereocenters. The van der Waals surface area contributed by atoms with E-state index in [0.717, 1.165) is 43.7 Å². The van der Waals surface area contributed by atoms with Crippen molar-refractivity contribution < 1.29 is 14.4 Å². The maximum atomic E-state index is 12.9. The number of carbonyl (C=O) groups is 3. The smallest absolute Gasteiger partial charge is 0.324 e. The molecule has 1 aromatic rings. The average molecular weight is 430 g/mol. The standard InChI is InChI=1S/C22H31N5O4/c1-3-10-27-21(30)16(23-22(27)31)8-9-18(28)25-11-4-6-15(13-25)19-14(2)20(29)24-17-7-5-12-26(17)19/h15-16H,3-13H2,1-2H3,(H,23,31)/t15-,16+/m1/s1. The largest absolute Gasteiger partial charge is 0.342 e. The number of fused-ring (bicyclic) bond motifs is 1. The van der Waals surface area contributed by atoms with E-state index in [2.05, 4.69) is 14.9 Å². The number of aryl methyl sites for hydroxylation is 1. The molecule has 3 aliphatic heterocycles. The summed E-state index contributed by atoms with van der Waals surface area (Å²) in [5, 5.41) is 2.70. The van der Waals surface area contributed by atoms with Gasteiger partial charge in [-0.3, -0.25) is 19.3 Å². The second-order valence-electron chi connectivity index (χ2n) is 8.81. The summed E-state index contributed by atoms with van der Waals surface area (Å²) in [5.74, 6) is 0.745. The summed E-state index contributed by atoms with van der Waals surface area (Å²) in [6, 6.07) is -0.984. The first-order valence-electron chi connectivity index (χ1n) is 11.4. The van der Waals surface area contributed by atoms with Gasteiger partial charge in [-0.25, -0.2) is 4.79 Å². The van der Waals surface area contributed by atoms with Gasteiger partial charge in [0.15, 0.2) is 0 Å². The molecule has 168 valence electrons. The summed E-state index contributed by atoms with van der Waals surface area (Å²) in [7, 11) is 0. The lowest BCUT2D eigenvalue weighted by atomic mass is 9.91. The molecule has 2 atom stereocenters. The summed E-state index contributed by atoms with van der Waals surface area (Å²) < 4.78 is 2.18. The molecule has 1 N–H and O–H groups in total. The molecule has 0 saturated carbocycles. The molecule has 9 nitrogen and oxygen atoms in total. The Kier molecular flexibility index (Phi) is 6.11. The monoisotopic (exact) mass is 429 g/mol. The van der Waals surface area contributed by atoms with Crippen LogP contribution in [-0.2, 0) is 22.6 Å². The molecule has 3 aliphatic rings. The molecule has 4 amide bonds. The van der Waals surface area contributed by atoms with Gasteiger partial charge in [0.2, 0.25) is 5.91 Å². The Morgan fingerprint density at radius 1 is 1.19 bits per heavy atom. The molecule has 0 radical (unpaired) electrons. The number of nitrogens with zero attached hydrogens (tertiary/aromatic N) is 4. The lowest BCUT2D eigenvalue weighted by molar-refractivity contribution is -0.133. The van der Waals surface area contributed by atoms with Crippen molar-refractivity contribution in [3.63, 3.8) is 0 Å². The van der Waals surface area contributed by atoms with Crippen LogP contribution in [0.3, 0.4) is 0 Å². The molecule has 4 heterocycles. The molecule has 2 fully saturated rings. The van der Waals surface area contributed by atoms with E-state index >= 15 is 0 Å². The van der Waals surface area contributed by atoms with Gasteiger partial charge in [-0.05, 0) is 39.0 Å². The second kappa shape index (κ2) is 8.80. The molecule has 9 heteroatoms. The van der Waals surface area contributed by atoms with Gasteiger partial charge in [-0.1, -0.05) is 6.92 Å². The van der Waals surface area contributed by atoms with Crippen molar-refractivity contribution in [3.05, 3.63) is 27.4 Å².